The average Bonchev–Trinajstić information content (AvgIpc) is 2.48. The minimum absolute atomic E-state index is 0.0680. The SMILES string of the molecule is COCCNCCNC(=O)CSc1ccc(C(C)(C)C)cc1. The van der Waals surface area contributed by atoms with Crippen LogP contribution in [0.1, 0.15) is 26.3 Å². The predicted octanol–water partition coefficient (Wildman–Crippen LogP) is 2.43. The van der Waals surface area contributed by atoms with Crippen LogP contribution < -0.4 is 10.6 Å². The zero-order valence-corrected chi connectivity index (χ0v) is 14.9. The molecule has 0 atom stereocenters. The van der Waals surface area contributed by atoms with E-state index < -0.39 is 0 Å². The Labute approximate surface area is 138 Å². The molecule has 0 aliphatic rings. The topological polar surface area (TPSA) is 50.4 Å². The fourth-order valence-corrected chi connectivity index (χ4v) is 2.57. The fourth-order valence-electron chi connectivity index (χ4n) is 1.84. The van der Waals surface area contributed by atoms with Crippen molar-refractivity contribution in [3.05, 3.63) is 29.8 Å². The molecule has 5 heteroatoms. The molecule has 0 aliphatic heterocycles. The number of hydrogen-bond donors (Lipinski definition) is 2. The summed E-state index contributed by atoms with van der Waals surface area (Å²) in [6.45, 7) is 9.50. The van der Waals surface area contributed by atoms with Crippen molar-refractivity contribution in [1.29, 1.82) is 0 Å². The molecule has 1 amide bonds. The molecule has 0 heterocycles. The molecule has 124 valence electrons. The van der Waals surface area contributed by atoms with Gasteiger partial charge in [-0.3, -0.25) is 4.79 Å². The highest BCUT2D eigenvalue weighted by Gasteiger charge is 2.13. The Morgan fingerprint density at radius 1 is 1.14 bits per heavy atom. The summed E-state index contributed by atoms with van der Waals surface area (Å²) >= 11 is 1.57. The Kier molecular flexibility index (Phi) is 8.53. The van der Waals surface area contributed by atoms with Crippen LogP contribution in [0.5, 0.6) is 0 Å². The van der Waals surface area contributed by atoms with Crippen molar-refractivity contribution in [1.82, 2.24) is 10.6 Å². The van der Waals surface area contributed by atoms with E-state index in [0.717, 1.165) is 18.0 Å². The molecule has 1 aromatic carbocycles. The van der Waals surface area contributed by atoms with E-state index in [4.69, 9.17) is 4.74 Å². The Morgan fingerprint density at radius 3 is 2.41 bits per heavy atom. The van der Waals surface area contributed by atoms with Crippen molar-refractivity contribution in [3.63, 3.8) is 0 Å². The summed E-state index contributed by atoms with van der Waals surface area (Å²) in [5, 5.41) is 6.09. The molecule has 0 bridgehead atoms. The molecular formula is C17H28N2O2S. The highest BCUT2D eigenvalue weighted by atomic mass is 32.2. The van der Waals surface area contributed by atoms with Crippen LogP contribution >= 0.6 is 11.8 Å². The van der Waals surface area contributed by atoms with Crippen molar-refractivity contribution >= 4 is 17.7 Å². The van der Waals surface area contributed by atoms with Gasteiger partial charge in [-0.25, -0.2) is 0 Å². The van der Waals surface area contributed by atoms with Gasteiger partial charge in [0, 0.05) is 31.6 Å². The van der Waals surface area contributed by atoms with Gasteiger partial charge in [0.1, 0.15) is 0 Å². The number of nitrogens with one attached hydrogen (secondary N) is 2. The maximum absolute atomic E-state index is 11.7. The molecule has 0 spiro atoms. The number of hydrogen-bond acceptors (Lipinski definition) is 4. The third kappa shape index (κ3) is 7.82. The molecule has 0 radical (unpaired) electrons. The molecule has 22 heavy (non-hydrogen) atoms. The van der Waals surface area contributed by atoms with Crippen molar-refractivity contribution < 1.29 is 9.53 Å². The number of methoxy groups -OCH3 is 1. The van der Waals surface area contributed by atoms with Crippen LogP contribution in [-0.4, -0.2) is 45.0 Å². The molecule has 1 aromatic rings. The first-order valence-corrected chi connectivity index (χ1v) is 8.62. The van der Waals surface area contributed by atoms with Crippen LogP contribution in [0.4, 0.5) is 0 Å². The zero-order valence-electron chi connectivity index (χ0n) is 14.1. The van der Waals surface area contributed by atoms with Gasteiger partial charge in [0.25, 0.3) is 0 Å². The van der Waals surface area contributed by atoms with E-state index in [9.17, 15) is 4.79 Å². The second-order valence-corrected chi connectivity index (χ2v) is 7.20. The van der Waals surface area contributed by atoms with E-state index in [0.29, 0.717) is 18.9 Å². The van der Waals surface area contributed by atoms with Gasteiger partial charge in [0.2, 0.25) is 5.91 Å². The van der Waals surface area contributed by atoms with Gasteiger partial charge >= 0.3 is 0 Å². The van der Waals surface area contributed by atoms with Crippen LogP contribution in [-0.2, 0) is 14.9 Å². The molecular weight excluding hydrogens is 296 g/mol. The molecule has 0 aliphatic carbocycles. The van der Waals surface area contributed by atoms with E-state index in [1.165, 1.54) is 5.56 Å². The predicted molar refractivity (Wildman–Crippen MR) is 93.6 cm³/mol. The van der Waals surface area contributed by atoms with Gasteiger partial charge in [-0.15, -0.1) is 11.8 Å². The van der Waals surface area contributed by atoms with Crippen LogP contribution in [0.2, 0.25) is 0 Å². The molecule has 0 saturated carbocycles. The summed E-state index contributed by atoms with van der Waals surface area (Å²) in [6, 6.07) is 8.45. The Bertz CT molecular complexity index is 441. The third-order valence-corrected chi connectivity index (χ3v) is 4.21. The number of benzene rings is 1. The smallest absolute Gasteiger partial charge is 0.230 e. The zero-order chi connectivity index (χ0) is 16.4. The number of amides is 1. The summed E-state index contributed by atoms with van der Waals surface area (Å²) < 4.78 is 4.93. The number of carbonyl (C=O) groups is 1. The van der Waals surface area contributed by atoms with Gasteiger partial charge in [-0.2, -0.15) is 0 Å². The van der Waals surface area contributed by atoms with Crippen LogP contribution in [0.25, 0.3) is 0 Å². The molecule has 1 rings (SSSR count). The van der Waals surface area contributed by atoms with Gasteiger partial charge in [-0.05, 0) is 23.1 Å². The summed E-state index contributed by atoms with van der Waals surface area (Å²) in [4.78, 5) is 12.9. The van der Waals surface area contributed by atoms with Gasteiger partial charge in [0.15, 0.2) is 0 Å². The molecule has 0 saturated heterocycles. The standard InChI is InChI=1S/C17H28N2O2S/c1-17(2,3)14-5-7-15(8-6-14)22-13-16(20)19-10-9-18-11-12-21-4/h5-8,18H,9-13H2,1-4H3,(H,19,20). The van der Waals surface area contributed by atoms with E-state index in [1.54, 1.807) is 18.9 Å². The van der Waals surface area contributed by atoms with Crippen LogP contribution in [0.3, 0.4) is 0 Å². The van der Waals surface area contributed by atoms with Crippen LogP contribution in [0.15, 0.2) is 29.2 Å². The average molecular weight is 324 g/mol. The van der Waals surface area contributed by atoms with Crippen molar-refractivity contribution in [2.24, 2.45) is 0 Å². The van der Waals surface area contributed by atoms with E-state index in [-0.39, 0.29) is 11.3 Å². The summed E-state index contributed by atoms with van der Waals surface area (Å²) in [7, 11) is 1.68. The summed E-state index contributed by atoms with van der Waals surface area (Å²) in [5.41, 5.74) is 1.47. The minimum atomic E-state index is 0.0680. The number of carbonyl (C=O) groups excluding carboxylic acids is 1. The first-order valence-electron chi connectivity index (χ1n) is 7.63. The first-order chi connectivity index (χ1) is 10.4. The van der Waals surface area contributed by atoms with Crippen LogP contribution in [0, 0.1) is 0 Å². The number of ether oxygens (including phenoxy) is 1. The van der Waals surface area contributed by atoms with E-state index >= 15 is 0 Å². The lowest BCUT2D eigenvalue weighted by atomic mass is 9.87. The largest absolute Gasteiger partial charge is 0.383 e. The summed E-state index contributed by atoms with van der Waals surface area (Å²) in [5.74, 6) is 0.519. The molecule has 4 nitrogen and oxygen atoms in total. The minimum Gasteiger partial charge on any atom is -0.383 e. The van der Waals surface area contributed by atoms with Gasteiger partial charge in [-0.1, -0.05) is 32.9 Å². The Morgan fingerprint density at radius 2 is 1.82 bits per heavy atom. The fraction of sp³-hybridized carbons (Fsp3) is 0.588. The van der Waals surface area contributed by atoms with E-state index in [1.807, 2.05) is 0 Å². The highest BCUT2D eigenvalue weighted by molar-refractivity contribution is 8.00. The molecule has 2 N–H and O–H groups in total. The molecule has 0 fully saturated rings. The number of rotatable bonds is 9. The van der Waals surface area contributed by atoms with Gasteiger partial charge in [0.05, 0.1) is 12.4 Å². The Balaban J connectivity index is 2.21. The second kappa shape index (κ2) is 9.87. The second-order valence-electron chi connectivity index (χ2n) is 6.16. The lowest BCUT2D eigenvalue weighted by Gasteiger charge is -2.19. The number of thioether (sulfide) groups is 1. The maximum atomic E-state index is 11.7. The Hall–Kier alpha value is -1.04. The molecule has 0 unspecified atom stereocenters. The highest BCUT2D eigenvalue weighted by Crippen LogP contribution is 2.25. The van der Waals surface area contributed by atoms with E-state index in [2.05, 4.69) is 55.7 Å². The van der Waals surface area contributed by atoms with Crippen molar-refractivity contribution in [2.75, 3.05) is 39.1 Å². The lowest BCUT2D eigenvalue weighted by Crippen LogP contribution is -2.33. The van der Waals surface area contributed by atoms with Crippen molar-refractivity contribution in [3.8, 4) is 0 Å². The van der Waals surface area contributed by atoms with Gasteiger partial charge < -0.3 is 15.4 Å². The quantitative estimate of drug-likeness (QED) is 0.541. The first kappa shape index (κ1) is 19.0. The normalized spacial score (nSPS) is 11.5. The molecule has 0 aromatic heterocycles. The third-order valence-electron chi connectivity index (χ3n) is 3.20. The maximum Gasteiger partial charge on any atom is 0.230 e. The summed E-state index contributed by atoms with van der Waals surface area (Å²) in [6.07, 6.45) is 0. The monoisotopic (exact) mass is 324 g/mol. The van der Waals surface area contributed by atoms with Crippen molar-refractivity contribution in [2.45, 2.75) is 31.1 Å². The lowest BCUT2D eigenvalue weighted by molar-refractivity contribution is -0.118.